The lowest BCUT2D eigenvalue weighted by molar-refractivity contribution is -0.141. The van der Waals surface area contributed by atoms with Gasteiger partial charge in [0.15, 0.2) is 0 Å². The molecule has 1 heterocycles. The van der Waals surface area contributed by atoms with Crippen molar-refractivity contribution >= 4 is 11.7 Å². The summed E-state index contributed by atoms with van der Waals surface area (Å²) in [5.74, 6) is 0.797. The molecule has 170 valence electrons. The van der Waals surface area contributed by atoms with Crippen molar-refractivity contribution in [2.24, 2.45) is 0 Å². The summed E-state index contributed by atoms with van der Waals surface area (Å²) in [5.41, 5.74) is 2.53. The Bertz CT molecular complexity index is 616. The van der Waals surface area contributed by atoms with Crippen LogP contribution >= 0.6 is 0 Å². The molecule has 1 aliphatic rings. The van der Waals surface area contributed by atoms with E-state index in [0.717, 1.165) is 25.1 Å². The lowest BCUT2D eigenvalue weighted by Crippen LogP contribution is -2.41. The van der Waals surface area contributed by atoms with Crippen LogP contribution in [-0.4, -0.2) is 32.8 Å². The predicted octanol–water partition coefficient (Wildman–Crippen LogP) is 6.69. The maximum absolute atomic E-state index is 11.9. The average molecular weight is 418 g/mol. The molecule has 1 fully saturated rings. The molecule has 2 rings (SSSR count). The first-order valence-corrected chi connectivity index (χ1v) is 12.2. The highest BCUT2D eigenvalue weighted by molar-refractivity contribution is 5.71. The number of esters is 1. The minimum absolute atomic E-state index is 0.121. The fraction of sp³-hybridized carbons (Fsp3) is 0.731. The number of piperidine rings is 1. The number of rotatable bonds is 14. The quantitative estimate of drug-likeness (QED) is 0.250. The second-order valence-electron chi connectivity index (χ2n) is 8.74. The summed E-state index contributed by atoms with van der Waals surface area (Å²) in [6, 6.07) is 6.82. The molecule has 1 unspecified atom stereocenters. The average Bonchev–Trinajstić information content (AvgIpc) is 2.78. The smallest absolute Gasteiger partial charge is 0.307 e. The predicted molar refractivity (Wildman–Crippen MR) is 126 cm³/mol. The van der Waals surface area contributed by atoms with Gasteiger partial charge < -0.3 is 14.4 Å². The fourth-order valence-corrected chi connectivity index (χ4v) is 4.54. The molecule has 1 aromatic rings. The zero-order valence-electron chi connectivity index (χ0n) is 19.6. The second-order valence-corrected chi connectivity index (χ2v) is 8.74. The van der Waals surface area contributed by atoms with Gasteiger partial charge in [-0.05, 0) is 49.8 Å². The van der Waals surface area contributed by atoms with Crippen molar-refractivity contribution in [2.45, 2.75) is 103 Å². The largest absolute Gasteiger partial charge is 0.497 e. The van der Waals surface area contributed by atoms with Gasteiger partial charge in [0.2, 0.25) is 0 Å². The minimum Gasteiger partial charge on any atom is -0.497 e. The summed E-state index contributed by atoms with van der Waals surface area (Å²) >= 11 is 0. The Balaban J connectivity index is 1.88. The van der Waals surface area contributed by atoms with Crippen LogP contribution in [0, 0.1) is 0 Å². The number of ether oxygens (including phenoxy) is 2. The molecule has 1 aliphatic heterocycles. The van der Waals surface area contributed by atoms with Gasteiger partial charge in [0, 0.05) is 24.3 Å². The number of hydrogen-bond acceptors (Lipinski definition) is 4. The van der Waals surface area contributed by atoms with Crippen LogP contribution in [0.2, 0.25) is 0 Å². The number of methoxy groups -OCH3 is 2. The molecule has 1 atom stereocenters. The number of carbonyl (C=O) groups is 1. The van der Waals surface area contributed by atoms with Crippen LogP contribution in [0.1, 0.15) is 96.0 Å². The SMILES string of the molecule is CCCCCCCCCCCc1cc(OC)cc(N2CCCCC2CC(=O)OC)c1. The Hall–Kier alpha value is -1.71. The van der Waals surface area contributed by atoms with Gasteiger partial charge in [-0.15, -0.1) is 0 Å². The van der Waals surface area contributed by atoms with E-state index in [2.05, 4.69) is 30.0 Å². The zero-order chi connectivity index (χ0) is 21.6. The van der Waals surface area contributed by atoms with E-state index < -0.39 is 0 Å². The summed E-state index contributed by atoms with van der Waals surface area (Å²) < 4.78 is 10.5. The van der Waals surface area contributed by atoms with Crippen LogP contribution in [0.15, 0.2) is 18.2 Å². The van der Waals surface area contributed by atoms with Crippen LogP contribution in [0.4, 0.5) is 5.69 Å². The summed E-state index contributed by atoms with van der Waals surface area (Å²) in [4.78, 5) is 14.3. The molecule has 4 heteroatoms. The molecule has 0 radical (unpaired) electrons. The van der Waals surface area contributed by atoms with Crippen molar-refractivity contribution in [1.82, 2.24) is 0 Å². The first-order chi connectivity index (χ1) is 14.7. The van der Waals surface area contributed by atoms with Gasteiger partial charge in [-0.25, -0.2) is 0 Å². The maximum Gasteiger partial charge on any atom is 0.307 e. The Morgan fingerprint density at radius 1 is 0.967 bits per heavy atom. The van der Waals surface area contributed by atoms with Crippen molar-refractivity contribution in [3.8, 4) is 5.75 Å². The number of nitrogens with zero attached hydrogens (tertiary/aromatic N) is 1. The van der Waals surface area contributed by atoms with Gasteiger partial charge in [-0.2, -0.15) is 0 Å². The number of anilines is 1. The number of carbonyl (C=O) groups excluding carboxylic acids is 1. The molecule has 1 saturated heterocycles. The van der Waals surface area contributed by atoms with E-state index in [-0.39, 0.29) is 12.0 Å². The van der Waals surface area contributed by atoms with Crippen LogP contribution in [0.25, 0.3) is 0 Å². The standard InChI is InChI=1S/C26H43NO3/c1-4-5-6-7-8-9-10-11-12-15-22-18-24(20-25(19-22)29-2)27-17-14-13-16-23(27)21-26(28)30-3/h18-20,23H,4-17,21H2,1-3H3. The third-order valence-corrected chi connectivity index (χ3v) is 6.34. The molecule has 30 heavy (non-hydrogen) atoms. The molecular formula is C26H43NO3. The molecule has 0 amide bonds. The molecule has 0 aliphatic carbocycles. The zero-order valence-corrected chi connectivity index (χ0v) is 19.6. The van der Waals surface area contributed by atoms with Gasteiger partial charge in [0.25, 0.3) is 0 Å². The van der Waals surface area contributed by atoms with Gasteiger partial charge in [-0.1, -0.05) is 58.3 Å². The van der Waals surface area contributed by atoms with E-state index in [1.165, 1.54) is 89.0 Å². The normalized spacial score (nSPS) is 16.5. The number of unbranched alkanes of at least 4 members (excludes halogenated alkanes) is 8. The van der Waals surface area contributed by atoms with E-state index in [1.807, 2.05) is 0 Å². The fourth-order valence-electron chi connectivity index (χ4n) is 4.54. The summed E-state index contributed by atoms with van der Waals surface area (Å²) in [6.45, 7) is 3.26. The van der Waals surface area contributed by atoms with Gasteiger partial charge in [0.1, 0.15) is 5.75 Å². The Labute approximate surface area is 184 Å². The van der Waals surface area contributed by atoms with E-state index in [9.17, 15) is 4.79 Å². The van der Waals surface area contributed by atoms with Crippen LogP contribution in [0.5, 0.6) is 5.75 Å². The van der Waals surface area contributed by atoms with Crippen molar-refractivity contribution in [3.05, 3.63) is 23.8 Å². The molecule has 1 aromatic carbocycles. The molecule has 0 bridgehead atoms. The molecular weight excluding hydrogens is 374 g/mol. The van der Waals surface area contributed by atoms with Gasteiger partial charge in [0.05, 0.1) is 20.6 Å². The topological polar surface area (TPSA) is 38.8 Å². The molecule has 0 spiro atoms. The number of hydrogen-bond donors (Lipinski definition) is 0. The minimum atomic E-state index is -0.121. The third-order valence-electron chi connectivity index (χ3n) is 6.34. The lowest BCUT2D eigenvalue weighted by Gasteiger charge is -2.37. The monoisotopic (exact) mass is 417 g/mol. The molecule has 4 nitrogen and oxygen atoms in total. The molecule has 0 aromatic heterocycles. The van der Waals surface area contributed by atoms with Crippen molar-refractivity contribution in [3.63, 3.8) is 0 Å². The van der Waals surface area contributed by atoms with Crippen LogP contribution in [-0.2, 0) is 16.0 Å². The Morgan fingerprint density at radius 3 is 2.33 bits per heavy atom. The summed E-state index contributed by atoms with van der Waals surface area (Å²) in [7, 11) is 3.22. The van der Waals surface area contributed by atoms with Crippen molar-refractivity contribution in [2.75, 3.05) is 25.7 Å². The van der Waals surface area contributed by atoms with Crippen molar-refractivity contribution in [1.29, 1.82) is 0 Å². The van der Waals surface area contributed by atoms with E-state index >= 15 is 0 Å². The maximum atomic E-state index is 11.9. The molecule has 0 N–H and O–H groups in total. The Morgan fingerprint density at radius 2 is 1.67 bits per heavy atom. The van der Waals surface area contributed by atoms with Crippen LogP contribution < -0.4 is 9.64 Å². The molecule has 0 saturated carbocycles. The Kier molecular flexibility index (Phi) is 11.7. The number of aryl methyl sites for hydroxylation is 1. The summed E-state index contributed by atoms with van der Waals surface area (Å²) in [5, 5.41) is 0. The first kappa shape index (κ1) is 24.6. The first-order valence-electron chi connectivity index (χ1n) is 12.2. The van der Waals surface area contributed by atoms with Crippen molar-refractivity contribution < 1.29 is 14.3 Å². The van der Waals surface area contributed by atoms with Gasteiger partial charge >= 0.3 is 5.97 Å². The third kappa shape index (κ3) is 8.57. The van der Waals surface area contributed by atoms with E-state index in [0.29, 0.717) is 6.42 Å². The lowest BCUT2D eigenvalue weighted by atomic mass is 9.97. The van der Waals surface area contributed by atoms with E-state index in [1.54, 1.807) is 7.11 Å². The summed E-state index contributed by atoms with van der Waals surface area (Å²) in [6.07, 6.45) is 17.1. The second kappa shape index (κ2) is 14.3. The number of benzene rings is 1. The van der Waals surface area contributed by atoms with Crippen LogP contribution in [0.3, 0.4) is 0 Å². The highest BCUT2D eigenvalue weighted by atomic mass is 16.5. The van der Waals surface area contributed by atoms with E-state index in [4.69, 9.17) is 9.47 Å². The van der Waals surface area contributed by atoms with Gasteiger partial charge in [-0.3, -0.25) is 4.79 Å². The highest BCUT2D eigenvalue weighted by Gasteiger charge is 2.26. The highest BCUT2D eigenvalue weighted by Crippen LogP contribution is 2.31.